The van der Waals surface area contributed by atoms with E-state index < -0.39 is 0 Å². The van der Waals surface area contributed by atoms with Gasteiger partial charge in [-0.3, -0.25) is 0 Å². The van der Waals surface area contributed by atoms with Gasteiger partial charge in [-0.25, -0.2) is 4.98 Å². The standard InChI is InChI=1S/C17H22N2S/c1-4-15-11(2)20-17(19-15)16(18-3)14-9-7-13(8-10-14)12-5-6-12/h7-10,12,16,18H,4-6H2,1-3H3. The van der Waals surface area contributed by atoms with Crippen LogP contribution < -0.4 is 5.32 Å². The molecule has 3 rings (SSSR count). The first-order valence-corrected chi connectivity index (χ1v) is 8.28. The van der Waals surface area contributed by atoms with Crippen molar-refractivity contribution in [3.8, 4) is 0 Å². The fourth-order valence-electron chi connectivity index (χ4n) is 2.71. The summed E-state index contributed by atoms with van der Waals surface area (Å²) in [6.45, 7) is 4.34. The lowest BCUT2D eigenvalue weighted by atomic mass is 10.0. The van der Waals surface area contributed by atoms with Crippen LogP contribution in [0.3, 0.4) is 0 Å². The second kappa shape index (κ2) is 5.66. The van der Waals surface area contributed by atoms with Gasteiger partial charge >= 0.3 is 0 Å². The van der Waals surface area contributed by atoms with Crippen LogP contribution in [-0.2, 0) is 6.42 Å². The molecule has 1 saturated carbocycles. The van der Waals surface area contributed by atoms with Gasteiger partial charge < -0.3 is 5.32 Å². The highest BCUT2D eigenvalue weighted by Gasteiger charge is 2.24. The number of rotatable bonds is 5. The second-order valence-corrected chi connectivity index (χ2v) is 6.81. The van der Waals surface area contributed by atoms with Gasteiger partial charge in [0.25, 0.3) is 0 Å². The quantitative estimate of drug-likeness (QED) is 0.891. The number of thiazole rings is 1. The third kappa shape index (κ3) is 2.65. The summed E-state index contributed by atoms with van der Waals surface area (Å²) in [5.41, 5.74) is 4.04. The fourth-order valence-corrected chi connectivity index (χ4v) is 3.86. The molecular formula is C17H22N2S. The SMILES string of the molecule is CCc1nc(C(NC)c2ccc(C3CC3)cc2)sc1C. The Morgan fingerprint density at radius 2 is 2.00 bits per heavy atom. The van der Waals surface area contributed by atoms with E-state index in [4.69, 9.17) is 4.98 Å². The Balaban J connectivity index is 1.87. The average molecular weight is 286 g/mol. The molecule has 1 fully saturated rings. The van der Waals surface area contributed by atoms with Gasteiger partial charge in [-0.1, -0.05) is 31.2 Å². The smallest absolute Gasteiger partial charge is 0.115 e. The van der Waals surface area contributed by atoms with Crippen molar-refractivity contribution in [2.24, 2.45) is 0 Å². The molecule has 3 heteroatoms. The molecule has 0 aliphatic heterocycles. The first kappa shape index (κ1) is 13.8. The summed E-state index contributed by atoms with van der Waals surface area (Å²) in [5.74, 6) is 0.825. The van der Waals surface area contributed by atoms with E-state index in [0.717, 1.165) is 12.3 Å². The molecule has 1 aliphatic rings. The van der Waals surface area contributed by atoms with Crippen molar-refractivity contribution in [3.63, 3.8) is 0 Å². The number of benzene rings is 1. The number of aromatic nitrogens is 1. The van der Waals surface area contributed by atoms with E-state index in [2.05, 4.69) is 43.4 Å². The monoisotopic (exact) mass is 286 g/mol. The van der Waals surface area contributed by atoms with Crippen LogP contribution in [0.1, 0.15) is 58.4 Å². The molecule has 1 atom stereocenters. The van der Waals surface area contributed by atoms with Crippen molar-refractivity contribution in [2.75, 3.05) is 7.05 Å². The van der Waals surface area contributed by atoms with Crippen molar-refractivity contribution >= 4 is 11.3 Å². The molecule has 1 aliphatic carbocycles. The van der Waals surface area contributed by atoms with E-state index in [9.17, 15) is 0 Å². The number of nitrogens with one attached hydrogen (secondary N) is 1. The van der Waals surface area contributed by atoms with Crippen molar-refractivity contribution in [1.82, 2.24) is 10.3 Å². The lowest BCUT2D eigenvalue weighted by molar-refractivity contribution is 0.683. The third-order valence-corrected chi connectivity index (χ3v) is 5.18. The molecule has 1 aromatic heterocycles. The maximum Gasteiger partial charge on any atom is 0.115 e. The van der Waals surface area contributed by atoms with Gasteiger partial charge in [0.2, 0.25) is 0 Å². The van der Waals surface area contributed by atoms with E-state index in [0.29, 0.717) is 0 Å². The summed E-state index contributed by atoms with van der Waals surface area (Å²) in [6.07, 6.45) is 3.74. The van der Waals surface area contributed by atoms with Gasteiger partial charge in [-0.05, 0) is 50.3 Å². The zero-order valence-corrected chi connectivity index (χ0v) is 13.3. The van der Waals surface area contributed by atoms with Gasteiger partial charge in [-0.2, -0.15) is 0 Å². The summed E-state index contributed by atoms with van der Waals surface area (Å²) in [6, 6.07) is 9.32. The molecule has 0 bridgehead atoms. The average Bonchev–Trinajstić information content (AvgIpc) is 3.24. The Bertz CT molecular complexity index is 582. The second-order valence-electron chi connectivity index (χ2n) is 5.57. The minimum absolute atomic E-state index is 0.215. The van der Waals surface area contributed by atoms with Crippen molar-refractivity contribution in [2.45, 2.75) is 45.1 Å². The molecule has 106 valence electrons. The van der Waals surface area contributed by atoms with Crippen LogP contribution >= 0.6 is 11.3 Å². The first-order chi connectivity index (χ1) is 9.72. The lowest BCUT2D eigenvalue weighted by Crippen LogP contribution is -2.17. The Morgan fingerprint density at radius 3 is 2.50 bits per heavy atom. The number of nitrogens with zero attached hydrogens (tertiary/aromatic N) is 1. The molecule has 0 saturated heterocycles. The first-order valence-electron chi connectivity index (χ1n) is 7.46. The van der Waals surface area contributed by atoms with Gasteiger partial charge in [0.1, 0.15) is 5.01 Å². The summed E-state index contributed by atoms with van der Waals surface area (Å²) in [4.78, 5) is 6.15. The highest BCUT2D eigenvalue weighted by Crippen LogP contribution is 2.40. The van der Waals surface area contributed by atoms with Crippen LogP contribution in [0.4, 0.5) is 0 Å². The molecule has 2 aromatic rings. The van der Waals surface area contributed by atoms with Crippen molar-refractivity contribution in [3.05, 3.63) is 51.0 Å². The largest absolute Gasteiger partial charge is 0.307 e. The number of hydrogen-bond acceptors (Lipinski definition) is 3. The van der Waals surface area contributed by atoms with Gasteiger partial charge in [-0.15, -0.1) is 11.3 Å². The van der Waals surface area contributed by atoms with Crippen LogP contribution in [0.2, 0.25) is 0 Å². The predicted octanol–water partition coefficient (Wildman–Crippen LogP) is 4.20. The molecule has 0 amide bonds. The van der Waals surface area contributed by atoms with E-state index in [1.165, 1.54) is 39.5 Å². The third-order valence-electron chi connectivity index (χ3n) is 4.10. The minimum Gasteiger partial charge on any atom is -0.307 e. The molecule has 0 spiro atoms. The summed E-state index contributed by atoms with van der Waals surface area (Å²) in [7, 11) is 2.02. The van der Waals surface area contributed by atoms with E-state index >= 15 is 0 Å². The zero-order valence-electron chi connectivity index (χ0n) is 12.4. The predicted molar refractivity (Wildman–Crippen MR) is 85.5 cm³/mol. The maximum absolute atomic E-state index is 4.80. The highest BCUT2D eigenvalue weighted by atomic mass is 32.1. The van der Waals surface area contributed by atoms with Crippen LogP contribution in [0.5, 0.6) is 0 Å². The fraction of sp³-hybridized carbons (Fsp3) is 0.471. The van der Waals surface area contributed by atoms with Crippen LogP contribution in [-0.4, -0.2) is 12.0 Å². The summed E-state index contributed by atoms with van der Waals surface area (Å²) in [5, 5.41) is 4.59. The molecule has 1 heterocycles. The Labute approximate surface area is 125 Å². The number of hydrogen-bond donors (Lipinski definition) is 1. The van der Waals surface area contributed by atoms with E-state index in [1.807, 2.05) is 18.4 Å². The topological polar surface area (TPSA) is 24.9 Å². The molecule has 0 radical (unpaired) electrons. The van der Waals surface area contributed by atoms with Gasteiger partial charge in [0.05, 0.1) is 11.7 Å². The van der Waals surface area contributed by atoms with Crippen molar-refractivity contribution < 1.29 is 0 Å². The Morgan fingerprint density at radius 1 is 1.30 bits per heavy atom. The molecule has 1 aromatic carbocycles. The summed E-state index contributed by atoms with van der Waals surface area (Å²) >= 11 is 1.82. The molecule has 1 unspecified atom stereocenters. The Hall–Kier alpha value is -1.19. The van der Waals surface area contributed by atoms with E-state index in [1.54, 1.807) is 0 Å². The zero-order chi connectivity index (χ0) is 14.1. The van der Waals surface area contributed by atoms with Crippen molar-refractivity contribution in [1.29, 1.82) is 0 Å². The highest BCUT2D eigenvalue weighted by molar-refractivity contribution is 7.11. The normalized spacial score (nSPS) is 16.4. The summed E-state index contributed by atoms with van der Waals surface area (Å²) < 4.78 is 0. The van der Waals surface area contributed by atoms with E-state index in [-0.39, 0.29) is 6.04 Å². The molecule has 20 heavy (non-hydrogen) atoms. The van der Waals surface area contributed by atoms with Crippen LogP contribution in [0.15, 0.2) is 24.3 Å². The maximum atomic E-state index is 4.80. The van der Waals surface area contributed by atoms with Crippen LogP contribution in [0, 0.1) is 6.92 Å². The molecular weight excluding hydrogens is 264 g/mol. The lowest BCUT2D eigenvalue weighted by Gasteiger charge is -2.14. The van der Waals surface area contributed by atoms with Gasteiger partial charge in [0, 0.05) is 4.88 Å². The van der Waals surface area contributed by atoms with Gasteiger partial charge in [0.15, 0.2) is 0 Å². The van der Waals surface area contributed by atoms with Crippen LogP contribution in [0.25, 0.3) is 0 Å². The number of aryl methyl sites for hydroxylation is 2. The Kier molecular flexibility index (Phi) is 3.90. The molecule has 2 nitrogen and oxygen atoms in total. The minimum atomic E-state index is 0.215. The molecule has 1 N–H and O–H groups in total.